The van der Waals surface area contributed by atoms with Crippen LogP contribution in [0.15, 0.2) is 0 Å². The molecule has 0 rings (SSSR count). The first kappa shape index (κ1) is 21.5. The number of aldehydes is 1. The van der Waals surface area contributed by atoms with E-state index in [0.717, 1.165) is 25.7 Å². The van der Waals surface area contributed by atoms with Gasteiger partial charge >= 0.3 is 0 Å². The summed E-state index contributed by atoms with van der Waals surface area (Å²) in [6, 6.07) is 0. The van der Waals surface area contributed by atoms with E-state index in [1.807, 2.05) is 13.8 Å². The van der Waals surface area contributed by atoms with Gasteiger partial charge in [-0.3, -0.25) is 0 Å². The normalized spacial score (nSPS) is 20.0. The lowest BCUT2D eigenvalue weighted by molar-refractivity contribution is -0.175. The number of carbonyl (C=O) groups excluding carboxylic acids is 1. The van der Waals surface area contributed by atoms with Crippen LogP contribution in [-0.2, 0) is 4.79 Å². The maximum absolute atomic E-state index is 11.6. The summed E-state index contributed by atoms with van der Waals surface area (Å²) in [6.07, 6.45) is 2.31. The van der Waals surface area contributed by atoms with E-state index >= 15 is 0 Å². The van der Waals surface area contributed by atoms with Crippen molar-refractivity contribution in [2.24, 2.45) is 5.73 Å². The quantitative estimate of drug-likeness (QED) is 0.249. The summed E-state index contributed by atoms with van der Waals surface area (Å²) in [5.74, 6) is 0. The third-order valence-corrected chi connectivity index (χ3v) is 4.41. The molecule has 0 aliphatic carbocycles. The summed E-state index contributed by atoms with van der Waals surface area (Å²) in [7, 11) is 0. The molecule has 0 aliphatic rings. The van der Waals surface area contributed by atoms with Crippen molar-refractivity contribution in [3.05, 3.63) is 0 Å². The Balaban J connectivity index is 5.33. The Morgan fingerprint density at radius 1 is 1.05 bits per heavy atom. The van der Waals surface area contributed by atoms with E-state index in [0.29, 0.717) is 19.1 Å². The number of carbonyl (C=O) groups is 1. The van der Waals surface area contributed by atoms with Gasteiger partial charge in [0.15, 0.2) is 0 Å². The van der Waals surface area contributed by atoms with E-state index < -0.39 is 30.0 Å². The molecular formula is C16H33NO5. The Morgan fingerprint density at radius 2 is 1.55 bits per heavy atom. The summed E-state index contributed by atoms with van der Waals surface area (Å²) in [5, 5.41) is 40.0. The summed E-state index contributed by atoms with van der Waals surface area (Å²) >= 11 is 0. The van der Waals surface area contributed by atoms with Crippen LogP contribution in [0.25, 0.3) is 0 Å². The molecule has 0 fully saturated rings. The molecule has 6 heteroatoms. The van der Waals surface area contributed by atoms with Crippen LogP contribution in [0.4, 0.5) is 0 Å². The molecule has 0 saturated heterocycles. The standard InChI is InChI=1S/C16H33NO5/c1-3-5-7-9-15(17,12-19)16(22,10-8-6-4-2)14(21)13(20)11-18/h12-14,18,20-22H,3-11,17H2,1-2H3/t13-,14-,15+,16+/m1/s1. The summed E-state index contributed by atoms with van der Waals surface area (Å²) in [5.41, 5.74) is 2.52. The second-order valence-electron chi connectivity index (χ2n) is 6.19. The molecule has 0 amide bonds. The number of hydrogen-bond donors (Lipinski definition) is 5. The lowest BCUT2D eigenvalue weighted by Gasteiger charge is -2.45. The fraction of sp³-hybridized carbons (Fsp3) is 0.938. The Bertz CT molecular complexity index is 315. The number of aliphatic hydroxyl groups excluding tert-OH is 3. The smallest absolute Gasteiger partial charge is 0.142 e. The summed E-state index contributed by atoms with van der Waals surface area (Å²) < 4.78 is 0. The van der Waals surface area contributed by atoms with Crippen molar-refractivity contribution >= 4 is 6.29 Å². The monoisotopic (exact) mass is 319 g/mol. The molecule has 0 saturated carbocycles. The zero-order valence-electron chi connectivity index (χ0n) is 13.9. The molecule has 6 nitrogen and oxygen atoms in total. The number of nitrogens with two attached hydrogens (primary N) is 1. The van der Waals surface area contributed by atoms with Crippen LogP contribution in [0, 0.1) is 0 Å². The average molecular weight is 319 g/mol. The van der Waals surface area contributed by atoms with Crippen LogP contribution in [0.5, 0.6) is 0 Å². The van der Waals surface area contributed by atoms with Crippen LogP contribution in [0.3, 0.4) is 0 Å². The Kier molecular flexibility index (Phi) is 10.0. The number of rotatable bonds is 13. The number of hydrogen-bond acceptors (Lipinski definition) is 6. The van der Waals surface area contributed by atoms with E-state index in [1.165, 1.54) is 0 Å². The molecule has 22 heavy (non-hydrogen) atoms. The van der Waals surface area contributed by atoms with Crippen molar-refractivity contribution in [2.45, 2.75) is 88.6 Å². The van der Waals surface area contributed by atoms with Crippen molar-refractivity contribution < 1.29 is 25.2 Å². The van der Waals surface area contributed by atoms with Crippen LogP contribution in [0.2, 0.25) is 0 Å². The van der Waals surface area contributed by atoms with Crippen molar-refractivity contribution in [3.8, 4) is 0 Å². The Hall–Kier alpha value is -0.530. The maximum Gasteiger partial charge on any atom is 0.142 e. The molecular weight excluding hydrogens is 286 g/mol. The molecule has 0 bridgehead atoms. The minimum absolute atomic E-state index is 0.0977. The SMILES string of the molecule is CCCCC[C@](N)(C=O)[C@](O)(CCCCC)[C@H](O)[C@H](O)CO. The highest BCUT2D eigenvalue weighted by atomic mass is 16.4. The summed E-state index contributed by atoms with van der Waals surface area (Å²) in [4.78, 5) is 11.6. The molecule has 0 aliphatic heterocycles. The fourth-order valence-electron chi connectivity index (χ4n) is 2.76. The van der Waals surface area contributed by atoms with Gasteiger partial charge in [-0.15, -0.1) is 0 Å². The summed E-state index contributed by atoms with van der Waals surface area (Å²) in [6.45, 7) is 3.30. The zero-order chi connectivity index (χ0) is 17.2. The van der Waals surface area contributed by atoms with Gasteiger partial charge in [0.05, 0.1) is 6.61 Å². The molecule has 0 unspecified atom stereocenters. The van der Waals surface area contributed by atoms with Gasteiger partial charge in [0.25, 0.3) is 0 Å². The second-order valence-corrected chi connectivity index (χ2v) is 6.19. The molecule has 0 heterocycles. The third kappa shape index (κ3) is 5.28. The topological polar surface area (TPSA) is 124 Å². The zero-order valence-corrected chi connectivity index (χ0v) is 13.9. The first-order valence-electron chi connectivity index (χ1n) is 8.27. The van der Waals surface area contributed by atoms with Gasteiger partial charge in [0.1, 0.15) is 29.6 Å². The Morgan fingerprint density at radius 3 is 1.95 bits per heavy atom. The highest BCUT2D eigenvalue weighted by molar-refractivity contribution is 5.67. The van der Waals surface area contributed by atoms with Gasteiger partial charge in [0.2, 0.25) is 0 Å². The second kappa shape index (κ2) is 10.3. The molecule has 0 aromatic carbocycles. The molecule has 0 aromatic rings. The highest BCUT2D eigenvalue weighted by Crippen LogP contribution is 2.34. The fourth-order valence-corrected chi connectivity index (χ4v) is 2.76. The van der Waals surface area contributed by atoms with E-state index in [2.05, 4.69) is 0 Å². The first-order chi connectivity index (χ1) is 10.3. The van der Waals surface area contributed by atoms with Gasteiger partial charge in [-0.05, 0) is 12.8 Å². The lowest BCUT2D eigenvalue weighted by Crippen LogP contribution is -2.69. The van der Waals surface area contributed by atoms with Crippen LogP contribution in [0.1, 0.15) is 65.2 Å². The van der Waals surface area contributed by atoms with Crippen molar-refractivity contribution in [1.29, 1.82) is 0 Å². The molecule has 0 spiro atoms. The van der Waals surface area contributed by atoms with Gasteiger partial charge in [-0.25, -0.2) is 0 Å². The van der Waals surface area contributed by atoms with Crippen molar-refractivity contribution in [3.63, 3.8) is 0 Å². The largest absolute Gasteiger partial charge is 0.394 e. The Labute approximate surface area is 133 Å². The minimum Gasteiger partial charge on any atom is -0.394 e. The van der Waals surface area contributed by atoms with Crippen LogP contribution in [-0.4, -0.2) is 56.7 Å². The van der Waals surface area contributed by atoms with Gasteiger partial charge in [-0.1, -0.05) is 52.4 Å². The lowest BCUT2D eigenvalue weighted by atomic mass is 9.70. The number of aliphatic hydroxyl groups is 4. The minimum atomic E-state index is -1.96. The first-order valence-corrected chi connectivity index (χ1v) is 8.27. The van der Waals surface area contributed by atoms with Crippen molar-refractivity contribution in [1.82, 2.24) is 0 Å². The average Bonchev–Trinajstić information content (AvgIpc) is 2.53. The van der Waals surface area contributed by atoms with E-state index in [-0.39, 0.29) is 12.8 Å². The molecule has 132 valence electrons. The number of unbranched alkanes of at least 4 members (excludes halogenated alkanes) is 4. The van der Waals surface area contributed by atoms with Crippen molar-refractivity contribution in [2.75, 3.05) is 6.61 Å². The van der Waals surface area contributed by atoms with E-state index in [4.69, 9.17) is 10.8 Å². The van der Waals surface area contributed by atoms with E-state index in [1.54, 1.807) is 0 Å². The van der Waals surface area contributed by atoms with Gasteiger partial charge in [0, 0.05) is 0 Å². The molecule has 0 aromatic heterocycles. The molecule has 6 N–H and O–H groups in total. The molecule has 4 atom stereocenters. The van der Waals surface area contributed by atoms with Crippen LogP contribution < -0.4 is 5.73 Å². The predicted octanol–water partition coefficient (Wildman–Crippen LogP) is 0.489. The van der Waals surface area contributed by atoms with Gasteiger partial charge < -0.3 is 31.0 Å². The molecule has 0 radical (unpaired) electrons. The van der Waals surface area contributed by atoms with E-state index in [9.17, 15) is 20.1 Å². The maximum atomic E-state index is 11.6. The predicted molar refractivity (Wildman–Crippen MR) is 85.3 cm³/mol. The highest BCUT2D eigenvalue weighted by Gasteiger charge is 2.53. The third-order valence-electron chi connectivity index (χ3n) is 4.41. The van der Waals surface area contributed by atoms with Crippen LogP contribution >= 0.6 is 0 Å². The van der Waals surface area contributed by atoms with Gasteiger partial charge in [-0.2, -0.15) is 0 Å².